The lowest BCUT2D eigenvalue weighted by Gasteiger charge is -2.20. The second-order valence-electron chi connectivity index (χ2n) is 5.53. The number of hydrogen-bond donors (Lipinski definition) is 1. The van der Waals surface area contributed by atoms with Crippen molar-refractivity contribution >= 4 is 27.6 Å². The fourth-order valence-corrected chi connectivity index (χ4v) is 3.23. The van der Waals surface area contributed by atoms with Crippen molar-refractivity contribution in [2.75, 3.05) is 26.0 Å². The molecule has 0 bridgehead atoms. The summed E-state index contributed by atoms with van der Waals surface area (Å²) in [6.07, 6.45) is 4.23. The molecule has 1 aromatic rings. The van der Waals surface area contributed by atoms with Crippen LogP contribution in [0.1, 0.15) is 32.1 Å². The van der Waals surface area contributed by atoms with Crippen LogP contribution in [0.5, 0.6) is 5.75 Å². The van der Waals surface area contributed by atoms with E-state index in [1.165, 1.54) is 10.6 Å². The summed E-state index contributed by atoms with van der Waals surface area (Å²) in [6, 6.07) is 6.94. The Labute approximate surface area is 148 Å². The SMILES string of the molecule is CS(=O)(=O)N(CCCCCCC(=O)O)CCOc1cccc(Cl)c1. The van der Waals surface area contributed by atoms with E-state index in [2.05, 4.69) is 0 Å². The molecule has 0 heterocycles. The van der Waals surface area contributed by atoms with Gasteiger partial charge in [0.2, 0.25) is 10.0 Å². The standard InChI is InChI=1S/C16H24ClNO5S/c1-24(21,22)18(10-5-3-2-4-9-16(19)20)11-12-23-15-8-6-7-14(17)13-15/h6-8,13H,2-5,9-12H2,1H3,(H,19,20). The number of rotatable bonds is 12. The van der Waals surface area contributed by atoms with Crippen LogP contribution in [0, 0.1) is 0 Å². The molecule has 0 saturated carbocycles. The van der Waals surface area contributed by atoms with Crippen LogP contribution in [0.25, 0.3) is 0 Å². The van der Waals surface area contributed by atoms with Crippen LogP contribution in [0.15, 0.2) is 24.3 Å². The average molecular weight is 378 g/mol. The molecule has 0 aromatic heterocycles. The van der Waals surface area contributed by atoms with Crippen molar-refractivity contribution in [3.8, 4) is 5.75 Å². The molecule has 0 aliphatic heterocycles. The van der Waals surface area contributed by atoms with E-state index in [4.69, 9.17) is 21.4 Å². The van der Waals surface area contributed by atoms with E-state index in [0.29, 0.717) is 30.2 Å². The molecule has 136 valence electrons. The zero-order chi connectivity index (χ0) is 18.0. The van der Waals surface area contributed by atoms with Crippen molar-refractivity contribution in [3.05, 3.63) is 29.3 Å². The van der Waals surface area contributed by atoms with Gasteiger partial charge in [0, 0.05) is 24.5 Å². The molecule has 1 aromatic carbocycles. The lowest BCUT2D eigenvalue weighted by atomic mass is 10.1. The van der Waals surface area contributed by atoms with E-state index in [9.17, 15) is 13.2 Å². The molecule has 0 amide bonds. The molecule has 8 heteroatoms. The van der Waals surface area contributed by atoms with Gasteiger partial charge in [-0.1, -0.05) is 30.5 Å². The first-order valence-corrected chi connectivity index (χ1v) is 10.1. The summed E-state index contributed by atoms with van der Waals surface area (Å²) in [5.74, 6) is -0.199. The third-order valence-corrected chi connectivity index (χ3v) is 4.96. The van der Waals surface area contributed by atoms with Crippen molar-refractivity contribution < 1.29 is 23.1 Å². The lowest BCUT2D eigenvalue weighted by molar-refractivity contribution is -0.137. The predicted octanol–water partition coefficient (Wildman–Crippen LogP) is 3.02. The van der Waals surface area contributed by atoms with Gasteiger partial charge in [-0.15, -0.1) is 0 Å². The fraction of sp³-hybridized carbons (Fsp3) is 0.562. The molecule has 1 rings (SSSR count). The number of aliphatic carboxylic acids is 1. The van der Waals surface area contributed by atoms with Gasteiger partial charge in [-0.05, 0) is 31.0 Å². The highest BCUT2D eigenvalue weighted by Crippen LogP contribution is 2.17. The Kier molecular flexibility index (Phi) is 9.10. The summed E-state index contributed by atoms with van der Waals surface area (Å²) < 4.78 is 30.5. The van der Waals surface area contributed by atoms with Crippen LogP contribution in [0.2, 0.25) is 5.02 Å². The molecular formula is C16H24ClNO5S. The maximum atomic E-state index is 11.8. The van der Waals surface area contributed by atoms with Gasteiger partial charge in [0.05, 0.1) is 6.26 Å². The van der Waals surface area contributed by atoms with Gasteiger partial charge in [-0.2, -0.15) is 4.31 Å². The number of hydrogen-bond acceptors (Lipinski definition) is 4. The molecule has 0 spiro atoms. The number of carboxylic acid groups (broad SMARTS) is 1. The highest BCUT2D eigenvalue weighted by molar-refractivity contribution is 7.88. The Morgan fingerprint density at radius 2 is 1.92 bits per heavy atom. The number of unbranched alkanes of at least 4 members (excludes halogenated alkanes) is 3. The van der Waals surface area contributed by atoms with Gasteiger partial charge in [0.1, 0.15) is 12.4 Å². The minimum atomic E-state index is -3.30. The largest absolute Gasteiger partial charge is 0.492 e. The Hall–Kier alpha value is -1.31. The Morgan fingerprint density at radius 3 is 2.54 bits per heavy atom. The first-order valence-electron chi connectivity index (χ1n) is 7.84. The van der Waals surface area contributed by atoms with Crippen molar-refractivity contribution in [1.82, 2.24) is 4.31 Å². The Morgan fingerprint density at radius 1 is 1.21 bits per heavy atom. The van der Waals surface area contributed by atoms with Crippen LogP contribution >= 0.6 is 11.6 Å². The monoisotopic (exact) mass is 377 g/mol. The minimum absolute atomic E-state index is 0.156. The van der Waals surface area contributed by atoms with E-state index >= 15 is 0 Å². The summed E-state index contributed by atoms with van der Waals surface area (Å²) in [5, 5.41) is 9.13. The number of benzene rings is 1. The molecule has 1 N–H and O–H groups in total. The fourth-order valence-electron chi connectivity index (χ4n) is 2.18. The zero-order valence-corrected chi connectivity index (χ0v) is 15.4. The van der Waals surface area contributed by atoms with Gasteiger partial charge in [-0.25, -0.2) is 8.42 Å². The number of halogens is 1. The molecule has 0 radical (unpaired) electrons. The topological polar surface area (TPSA) is 83.9 Å². The lowest BCUT2D eigenvalue weighted by Crippen LogP contribution is -2.34. The third-order valence-electron chi connectivity index (χ3n) is 3.42. The molecule has 0 aliphatic rings. The van der Waals surface area contributed by atoms with Gasteiger partial charge in [0.25, 0.3) is 0 Å². The van der Waals surface area contributed by atoms with Gasteiger partial charge in [-0.3, -0.25) is 4.79 Å². The number of ether oxygens (including phenoxy) is 1. The average Bonchev–Trinajstić information content (AvgIpc) is 2.47. The molecule has 0 saturated heterocycles. The summed E-state index contributed by atoms with van der Waals surface area (Å²) in [7, 11) is -3.30. The van der Waals surface area contributed by atoms with E-state index in [0.717, 1.165) is 12.8 Å². The summed E-state index contributed by atoms with van der Waals surface area (Å²) in [6.45, 7) is 0.914. The molecule has 0 fully saturated rings. The number of sulfonamides is 1. The minimum Gasteiger partial charge on any atom is -0.492 e. The van der Waals surface area contributed by atoms with Crippen molar-refractivity contribution in [2.45, 2.75) is 32.1 Å². The van der Waals surface area contributed by atoms with Crippen LogP contribution in [0.4, 0.5) is 0 Å². The quantitative estimate of drug-likeness (QED) is 0.566. The van der Waals surface area contributed by atoms with E-state index < -0.39 is 16.0 Å². The predicted molar refractivity (Wildman–Crippen MR) is 94.1 cm³/mol. The van der Waals surface area contributed by atoms with Crippen LogP contribution in [-0.2, 0) is 14.8 Å². The zero-order valence-electron chi connectivity index (χ0n) is 13.8. The summed E-state index contributed by atoms with van der Waals surface area (Å²) in [4.78, 5) is 10.4. The summed E-state index contributed by atoms with van der Waals surface area (Å²) in [5.41, 5.74) is 0. The Balaban J connectivity index is 2.33. The molecule has 0 unspecified atom stereocenters. The maximum absolute atomic E-state index is 11.8. The number of nitrogens with zero attached hydrogens (tertiary/aromatic N) is 1. The van der Waals surface area contributed by atoms with Crippen molar-refractivity contribution in [2.24, 2.45) is 0 Å². The molecule has 24 heavy (non-hydrogen) atoms. The molecular weight excluding hydrogens is 354 g/mol. The van der Waals surface area contributed by atoms with Gasteiger partial charge < -0.3 is 9.84 Å². The van der Waals surface area contributed by atoms with E-state index in [1.54, 1.807) is 24.3 Å². The van der Waals surface area contributed by atoms with Crippen LogP contribution < -0.4 is 4.74 Å². The number of carbonyl (C=O) groups is 1. The first kappa shape index (κ1) is 20.7. The Bertz CT molecular complexity index is 621. The van der Waals surface area contributed by atoms with E-state index in [-0.39, 0.29) is 19.6 Å². The number of carboxylic acids is 1. The summed E-state index contributed by atoms with van der Waals surface area (Å²) >= 11 is 5.87. The third kappa shape index (κ3) is 9.10. The highest BCUT2D eigenvalue weighted by Gasteiger charge is 2.16. The highest BCUT2D eigenvalue weighted by atomic mass is 35.5. The molecule has 0 aliphatic carbocycles. The normalized spacial score (nSPS) is 11.6. The second kappa shape index (κ2) is 10.5. The second-order valence-corrected chi connectivity index (χ2v) is 7.94. The van der Waals surface area contributed by atoms with Crippen molar-refractivity contribution in [1.29, 1.82) is 0 Å². The van der Waals surface area contributed by atoms with Crippen molar-refractivity contribution in [3.63, 3.8) is 0 Å². The van der Waals surface area contributed by atoms with Crippen LogP contribution in [0.3, 0.4) is 0 Å². The van der Waals surface area contributed by atoms with Gasteiger partial charge >= 0.3 is 5.97 Å². The van der Waals surface area contributed by atoms with Crippen LogP contribution in [-0.4, -0.2) is 49.8 Å². The maximum Gasteiger partial charge on any atom is 0.303 e. The van der Waals surface area contributed by atoms with E-state index in [1.807, 2.05) is 0 Å². The molecule has 6 nitrogen and oxygen atoms in total. The van der Waals surface area contributed by atoms with Gasteiger partial charge in [0.15, 0.2) is 0 Å². The first-order chi connectivity index (χ1) is 11.3. The molecule has 0 atom stereocenters. The smallest absolute Gasteiger partial charge is 0.303 e.